The zero-order chi connectivity index (χ0) is 50.0. The molecule has 7 fully saturated rings. The maximum absolute atomic E-state index is 14.7. The van der Waals surface area contributed by atoms with Gasteiger partial charge in [0.25, 0.3) is 0 Å². The molecule has 0 aromatic rings. The molecular weight excluding hydrogens is 897 g/mol. The molecule has 5 aliphatic carbocycles. The predicted molar refractivity (Wildman–Crippen MR) is 231 cm³/mol. The first-order valence-corrected chi connectivity index (χ1v) is 24.3. The number of carbonyl (C=O) groups excluding carboxylic acids is 2. The number of aliphatic carboxylic acids is 1. The Balaban J connectivity index is 1.06. The Morgan fingerprint density at radius 3 is 2.00 bits per heavy atom. The number of allylic oxidation sites excluding steroid dienone is 2. The van der Waals surface area contributed by atoms with Crippen molar-refractivity contribution in [2.75, 3.05) is 6.61 Å². The minimum Gasteiger partial charge on any atom is -0.479 e. The van der Waals surface area contributed by atoms with Gasteiger partial charge in [-0.25, -0.2) is 4.79 Å². The van der Waals surface area contributed by atoms with E-state index in [0.717, 1.165) is 18.3 Å². The third-order valence-electron chi connectivity index (χ3n) is 19.2. The van der Waals surface area contributed by atoms with E-state index in [9.17, 15) is 70.6 Å². The smallest absolute Gasteiger partial charge is 0.335 e. The van der Waals surface area contributed by atoms with Gasteiger partial charge in [-0.15, -0.1) is 0 Å². The van der Waals surface area contributed by atoms with Crippen LogP contribution < -0.4 is 0 Å². The van der Waals surface area contributed by atoms with Gasteiger partial charge in [0.05, 0.1) is 35.7 Å². The van der Waals surface area contributed by atoms with Gasteiger partial charge in [0.15, 0.2) is 18.7 Å². The molecule has 0 aromatic heterocycles. The fourth-order valence-electron chi connectivity index (χ4n) is 15.0. The molecule has 386 valence electrons. The molecule has 3 saturated heterocycles. The van der Waals surface area contributed by atoms with Crippen LogP contribution >= 0.6 is 0 Å². The summed E-state index contributed by atoms with van der Waals surface area (Å²) in [6.07, 6.45) is -20.6. The van der Waals surface area contributed by atoms with Gasteiger partial charge in [-0.2, -0.15) is 0 Å². The van der Waals surface area contributed by atoms with Crippen molar-refractivity contribution in [2.45, 2.75) is 211 Å². The molecule has 0 radical (unpaired) electrons. The SMILES string of the molecule is C[C@@H]1O[C@@H](O[C@@H]2[C@@H](O)[C@H](O[C@H]3[C@@H](O)C[C@@]4(C)[C@H]5CC=C6[C@@H]7CC(C)(C)CC[C@]7(C(=O)O[C@@H]7O[C@H](CO)[C@@H](O)[C@H](O)[C@H]7O)CC[C@@]6(C)[C@]5(C)CC[C@H]4[C@]3(C)C=O)O[C@H](C(=O)O)[C@H]2O)[C@H](O)[C@H](O)[C@H]1O. The van der Waals surface area contributed by atoms with Gasteiger partial charge >= 0.3 is 11.9 Å². The summed E-state index contributed by atoms with van der Waals surface area (Å²) in [5, 5.41) is 118. The van der Waals surface area contributed by atoms with Crippen LogP contribution in [-0.4, -0.2) is 185 Å². The molecule has 0 bridgehead atoms. The van der Waals surface area contributed by atoms with Crippen molar-refractivity contribution >= 4 is 18.2 Å². The number of ether oxygens (including phenoxy) is 6. The summed E-state index contributed by atoms with van der Waals surface area (Å²) in [7, 11) is 0. The Hall–Kier alpha value is -2.25. The molecule has 0 aromatic carbocycles. The van der Waals surface area contributed by atoms with Crippen LogP contribution in [0.25, 0.3) is 0 Å². The molecule has 8 aliphatic rings. The number of aliphatic hydroxyl groups excluding tert-OH is 10. The molecule has 3 aliphatic heterocycles. The minimum absolute atomic E-state index is 0.0958. The number of hydrogen-bond donors (Lipinski definition) is 11. The van der Waals surface area contributed by atoms with Crippen molar-refractivity contribution in [1.82, 2.24) is 0 Å². The molecule has 20 heteroatoms. The number of carboxylic acids is 1. The van der Waals surface area contributed by atoms with E-state index in [0.29, 0.717) is 44.9 Å². The maximum atomic E-state index is 14.7. The quantitative estimate of drug-likeness (QED) is 0.0595. The van der Waals surface area contributed by atoms with Crippen LogP contribution in [0, 0.1) is 50.2 Å². The molecule has 20 nitrogen and oxygen atoms in total. The van der Waals surface area contributed by atoms with E-state index < -0.39 is 156 Å². The van der Waals surface area contributed by atoms with E-state index in [1.165, 1.54) is 6.92 Å². The van der Waals surface area contributed by atoms with Crippen molar-refractivity contribution in [1.29, 1.82) is 0 Å². The summed E-state index contributed by atoms with van der Waals surface area (Å²) in [4.78, 5) is 40.7. The van der Waals surface area contributed by atoms with E-state index >= 15 is 0 Å². The number of fused-ring (bicyclic) bond motifs is 7. The fraction of sp³-hybridized carbons (Fsp3) is 0.896. The van der Waals surface area contributed by atoms with Gasteiger partial charge in [0.1, 0.15) is 67.3 Å². The molecule has 4 saturated carbocycles. The highest BCUT2D eigenvalue weighted by Gasteiger charge is 2.72. The van der Waals surface area contributed by atoms with E-state index in [-0.39, 0.29) is 23.7 Å². The largest absolute Gasteiger partial charge is 0.479 e. The lowest BCUT2D eigenvalue weighted by Gasteiger charge is -2.71. The van der Waals surface area contributed by atoms with Gasteiger partial charge in [-0.1, -0.05) is 53.2 Å². The summed E-state index contributed by atoms with van der Waals surface area (Å²) < 4.78 is 34.8. The van der Waals surface area contributed by atoms with Gasteiger partial charge in [-0.3, -0.25) is 4.79 Å². The highest BCUT2D eigenvalue weighted by molar-refractivity contribution is 5.79. The Morgan fingerprint density at radius 2 is 1.35 bits per heavy atom. The number of esters is 1. The molecule has 68 heavy (non-hydrogen) atoms. The van der Waals surface area contributed by atoms with Crippen LogP contribution in [0.1, 0.15) is 106 Å². The van der Waals surface area contributed by atoms with Crippen molar-refractivity contribution in [3.63, 3.8) is 0 Å². The lowest BCUT2D eigenvalue weighted by molar-refractivity contribution is -0.366. The second-order valence-corrected chi connectivity index (χ2v) is 23.3. The zero-order valence-corrected chi connectivity index (χ0v) is 39.9. The molecule has 0 unspecified atom stereocenters. The molecule has 3 heterocycles. The first-order chi connectivity index (χ1) is 31.7. The Kier molecular flexibility index (Phi) is 13.8. The Labute approximate surface area is 395 Å². The fourth-order valence-corrected chi connectivity index (χ4v) is 15.0. The first-order valence-electron chi connectivity index (χ1n) is 24.3. The first kappa shape index (κ1) is 52.1. The summed E-state index contributed by atoms with van der Waals surface area (Å²) in [6, 6.07) is 0. The van der Waals surface area contributed by atoms with Crippen LogP contribution in [-0.2, 0) is 42.8 Å². The topological polar surface area (TPSA) is 329 Å². The van der Waals surface area contributed by atoms with Crippen molar-refractivity contribution in [2.24, 2.45) is 50.2 Å². The predicted octanol–water partition coefficient (Wildman–Crippen LogP) is -0.590. The Morgan fingerprint density at radius 1 is 0.721 bits per heavy atom. The van der Waals surface area contributed by atoms with E-state index in [1.54, 1.807) is 6.92 Å². The van der Waals surface area contributed by atoms with Crippen LogP contribution in [0.4, 0.5) is 0 Å². The summed E-state index contributed by atoms with van der Waals surface area (Å²) >= 11 is 0. The highest BCUT2D eigenvalue weighted by Crippen LogP contribution is 2.76. The number of rotatable bonds is 9. The lowest BCUT2D eigenvalue weighted by atomic mass is 9.33. The van der Waals surface area contributed by atoms with Crippen LogP contribution in [0.5, 0.6) is 0 Å². The van der Waals surface area contributed by atoms with Crippen LogP contribution in [0.2, 0.25) is 0 Å². The van der Waals surface area contributed by atoms with Crippen LogP contribution in [0.15, 0.2) is 11.6 Å². The number of carbonyl (C=O) groups is 3. The second kappa shape index (κ2) is 18.0. The van der Waals surface area contributed by atoms with E-state index in [1.807, 2.05) is 0 Å². The number of aliphatic hydroxyl groups is 10. The zero-order valence-electron chi connectivity index (χ0n) is 39.9. The van der Waals surface area contributed by atoms with Crippen molar-refractivity contribution < 1.29 is 99.0 Å². The van der Waals surface area contributed by atoms with Crippen LogP contribution in [0.3, 0.4) is 0 Å². The monoisotopic (exact) mass is 970 g/mol. The van der Waals surface area contributed by atoms with Gasteiger partial charge in [-0.05, 0) is 104 Å². The maximum Gasteiger partial charge on any atom is 0.335 e. The molecule has 8 rings (SSSR count). The second-order valence-electron chi connectivity index (χ2n) is 23.3. The van der Waals surface area contributed by atoms with E-state index in [2.05, 4.69) is 40.7 Å². The summed E-state index contributed by atoms with van der Waals surface area (Å²) in [5.41, 5.74) is -3.01. The van der Waals surface area contributed by atoms with Gasteiger partial charge in [0.2, 0.25) is 6.29 Å². The minimum atomic E-state index is -2.05. The molecular formula is C48H74O20. The van der Waals surface area contributed by atoms with Crippen molar-refractivity contribution in [3.05, 3.63) is 11.6 Å². The summed E-state index contributed by atoms with van der Waals surface area (Å²) in [5.74, 6) is -2.99. The molecule has 0 amide bonds. The summed E-state index contributed by atoms with van der Waals surface area (Å²) in [6.45, 7) is 13.4. The molecule has 0 spiro atoms. The molecule has 25 atom stereocenters. The van der Waals surface area contributed by atoms with E-state index in [4.69, 9.17) is 28.4 Å². The lowest BCUT2D eigenvalue weighted by Crippen LogP contribution is -2.69. The Bertz CT molecular complexity index is 1950. The normalized spacial score (nSPS) is 54.5. The van der Waals surface area contributed by atoms with Crippen molar-refractivity contribution in [3.8, 4) is 0 Å². The average molecular weight is 971 g/mol. The molecule has 11 N–H and O–H groups in total. The highest BCUT2D eigenvalue weighted by atomic mass is 16.7. The number of hydrogen-bond acceptors (Lipinski definition) is 19. The third kappa shape index (κ3) is 7.86. The average Bonchev–Trinajstić information content (AvgIpc) is 3.27. The number of aldehydes is 1. The number of carboxylic acid groups (broad SMARTS) is 1. The van der Waals surface area contributed by atoms with Gasteiger partial charge in [0, 0.05) is 0 Å². The third-order valence-corrected chi connectivity index (χ3v) is 19.2. The standard InChI is InChI=1S/C48H74O20/c1-20-27(52)29(54)31(56)39(63-20)65-35-33(58)36(38(60)61)66-41(34(35)59)67-37-23(51)17-44(4)25(45(37,5)19-50)10-11-47(7)26(44)9-8-21-22-16-43(2,3)12-14-48(22,15-13-46(21,47)6)42(62)68-40-32(57)30(55)28(53)24(18-49)64-40/h8,19-20,22-37,39-41,49,51-59H,9-18H2,1-7H3,(H,60,61)/t20-,22-,23-,24+,25+,26+,27-,28+,29+,30-,31+,32+,33-,34+,35-,36-,37-,39-,40-,41-,44+,45-,46+,47+,48-/m0/s1. The van der Waals surface area contributed by atoms with Gasteiger partial charge < -0.3 is 89.4 Å².